The second kappa shape index (κ2) is 8.01. The van der Waals surface area contributed by atoms with E-state index in [-0.39, 0.29) is 18.4 Å². The molecule has 5 heteroatoms. The number of benzene rings is 1. The van der Waals surface area contributed by atoms with Crippen molar-refractivity contribution in [3.05, 3.63) is 58.3 Å². The molecule has 22 heavy (non-hydrogen) atoms. The van der Waals surface area contributed by atoms with Gasteiger partial charge in [-0.15, -0.1) is 17.8 Å². The van der Waals surface area contributed by atoms with Crippen LogP contribution in [0.15, 0.2) is 47.8 Å². The summed E-state index contributed by atoms with van der Waals surface area (Å²) in [6, 6.07) is 12.4. The zero-order valence-corrected chi connectivity index (χ0v) is 12.7. The first-order chi connectivity index (χ1) is 10.7. The summed E-state index contributed by atoms with van der Waals surface area (Å²) in [6.45, 7) is 0.138. The molecule has 1 unspecified atom stereocenters. The van der Waals surface area contributed by atoms with Gasteiger partial charge in [-0.3, -0.25) is 9.59 Å². The van der Waals surface area contributed by atoms with Crippen LogP contribution in [0.4, 0.5) is 0 Å². The quantitative estimate of drug-likeness (QED) is 0.800. The van der Waals surface area contributed by atoms with Gasteiger partial charge in [-0.1, -0.05) is 42.3 Å². The fourth-order valence-corrected chi connectivity index (χ4v) is 2.58. The minimum atomic E-state index is -0.662. The van der Waals surface area contributed by atoms with Gasteiger partial charge in [0.25, 0.3) is 5.91 Å². The average Bonchev–Trinajstić information content (AvgIpc) is 3.07. The molecule has 1 heterocycles. The Hall–Kier alpha value is -2.58. The Morgan fingerprint density at radius 3 is 2.59 bits per heavy atom. The van der Waals surface area contributed by atoms with Gasteiger partial charge in [0.15, 0.2) is 0 Å². The minimum Gasteiger partial charge on any atom is -0.343 e. The highest BCUT2D eigenvalue weighted by atomic mass is 32.1. The van der Waals surface area contributed by atoms with E-state index in [9.17, 15) is 9.59 Å². The molecular formula is C17H16N2O2S. The molecule has 2 aromatic rings. The van der Waals surface area contributed by atoms with E-state index in [1.54, 1.807) is 12.1 Å². The Morgan fingerprint density at radius 2 is 1.95 bits per heavy atom. The van der Waals surface area contributed by atoms with E-state index in [0.717, 1.165) is 5.56 Å². The van der Waals surface area contributed by atoms with Crippen LogP contribution in [0.1, 0.15) is 15.2 Å². The highest BCUT2D eigenvalue weighted by Gasteiger charge is 2.21. The lowest BCUT2D eigenvalue weighted by atomic mass is 10.1. The van der Waals surface area contributed by atoms with Crippen molar-refractivity contribution in [1.82, 2.24) is 10.6 Å². The van der Waals surface area contributed by atoms with E-state index < -0.39 is 6.04 Å². The fraction of sp³-hybridized carbons (Fsp3) is 0.176. The molecule has 0 aliphatic heterocycles. The first kappa shape index (κ1) is 15.8. The summed E-state index contributed by atoms with van der Waals surface area (Å²) in [5.74, 6) is 1.81. The number of hydrogen-bond donors (Lipinski definition) is 2. The van der Waals surface area contributed by atoms with Crippen molar-refractivity contribution in [2.24, 2.45) is 0 Å². The molecule has 2 N–H and O–H groups in total. The van der Waals surface area contributed by atoms with E-state index >= 15 is 0 Å². The van der Waals surface area contributed by atoms with Crippen molar-refractivity contribution in [2.45, 2.75) is 12.5 Å². The lowest BCUT2D eigenvalue weighted by Gasteiger charge is -2.17. The maximum Gasteiger partial charge on any atom is 0.262 e. The molecule has 4 nitrogen and oxygen atoms in total. The first-order valence-electron chi connectivity index (χ1n) is 6.80. The van der Waals surface area contributed by atoms with Gasteiger partial charge in [-0.05, 0) is 17.0 Å². The lowest BCUT2D eigenvalue weighted by molar-refractivity contribution is -0.122. The predicted molar refractivity (Wildman–Crippen MR) is 87.6 cm³/mol. The third kappa shape index (κ3) is 4.47. The second-order valence-corrected chi connectivity index (χ2v) is 5.56. The van der Waals surface area contributed by atoms with Gasteiger partial charge in [0.2, 0.25) is 5.91 Å². The molecular weight excluding hydrogens is 296 g/mol. The van der Waals surface area contributed by atoms with Crippen LogP contribution >= 0.6 is 11.3 Å². The smallest absolute Gasteiger partial charge is 0.262 e. The Labute approximate surface area is 133 Å². The van der Waals surface area contributed by atoms with E-state index in [4.69, 9.17) is 6.42 Å². The van der Waals surface area contributed by atoms with E-state index in [1.807, 2.05) is 35.7 Å². The van der Waals surface area contributed by atoms with Crippen LogP contribution in [0, 0.1) is 12.3 Å². The summed E-state index contributed by atoms with van der Waals surface area (Å²) in [6.07, 6.45) is 5.57. The molecule has 2 rings (SSSR count). The fourth-order valence-electron chi connectivity index (χ4n) is 1.96. The Morgan fingerprint density at radius 1 is 1.18 bits per heavy atom. The average molecular weight is 312 g/mol. The molecule has 0 spiro atoms. The van der Waals surface area contributed by atoms with Crippen molar-refractivity contribution in [2.75, 3.05) is 6.54 Å². The molecule has 0 saturated heterocycles. The van der Waals surface area contributed by atoms with Gasteiger partial charge in [0, 0.05) is 6.42 Å². The van der Waals surface area contributed by atoms with Gasteiger partial charge in [-0.2, -0.15) is 0 Å². The number of thiophene rings is 1. The number of amides is 2. The molecule has 2 amide bonds. The van der Waals surface area contributed by atoms with Crippen LogP contribution in [-0.4, -0.2) is 24.4 Å². The van der Waals surface area contributed by atoms with Crippen LogP contribution in [0.25, 0.3) is 0 Å². The maximum atomic E-state index is 12.2. The first-order valence-corrected chi connectivity index (χ1v) is 7.68. The summed E-state index contributed by atoms with van der Waals surface area (Å²) in [4.78, 5) is 24.9. The van der Waals surface area contributed by atoms with Crippen LogP contribution in [0.2, 0.25) is 0 Å². The molecule has 0 bridgehead atoms. The second-order valence-electron chi connectivity index (χ2n) is 4.62. The molecule has 1 aromatic carbocycles. The third-order valence-corrected chi connectivity index (χ3v) is 3.88. The normalized spacial score (nSPS) is 11.2. The van der Waals surface area contributed by atoms with Crippen molar-refractivity contribution in [3.63, 3.8) is 0 Å². The third-order valence-electron chi connectivity index (χ3n) is 3.01. The van der Waals surface area contributed by atoms with Gasteiger partial charge < -0.3 is 10.6 Å². The molecule has 0 fully saturated rings. The highest BCUT2D eigenvalue weighted by molar-refractivity contribution is 7.12. The zero-order valence-electron chi connectivity index (χ0n) is 11.9. The van der Waals surface area contributed by atoms with Gasteiger partial charge in [0.1, 0.15) is 6.04 Å². The molecule has 0 aliphatic rings. The predicted octanol–water partition coefficient (Wildman–Crippen LogP) is 1.84. The summed E-state index contributed by atoms with van der Waals surface area (Å²) in [7, 11) is 0. The number of carbonyl (C=O) groups is 2. The summed E-state index contributed by atoms with van der Waals surface area (Å²) in [5, 5.41) is 7.20. The number of terminal acetylenes is 1. The Kier molecular flexibility index (Phi) is 5.75. The highest BCUT2D eigenvalue weighted by Crippen LogP contribution is 2.10. The summed E-state index contributed by atoms with van der Waals surface area (Å²) in [5.41, 5.74) is 0.967. The van der Waals surface area contributed by atoms with E-state index in [2.05, 4.69) is 16.6 Å². The largest absolute Gasteiger partial charge is 0.343 e. The van der Waals surface area contributed by atoms with E-state index in [1.165, 1.54) is 11.3 Å². The van der Waals surface area contributed by atoms with Gasteiger partial charge in [-0.25, -0.2) is 0 Å². The topological polar surface area (TPSA) is 58.2 Å². The van der Waals surface area contributed by atoms with Gasteiger partial charge in [0.05, 0.1) is 11.4 Å². The van der Waals surface area contributed by atoms with Gasteiger partial charge >= 0.3 is 0 Å². The van der Waals surface area contributed by atoms with Crippen molar-refractivity contribution in [1.29, 1.82) is 0 Å². The standard InChI is InChI=1S/C17H16N2O2S/c1-2-10-18-16(20)14(12-13-7-4-3-5-8-13)19-17(21)15-9-6-11-22-15/h1,3-9,11,14H,10,12H2,(H,18,20)(H,19,21). The number of rotatable bonds is 6. The monoisotopic (exact) mass is 312 g/mol. The molecule has 1 aromatic heterocycles. The number of hydrogen-bond acceptors (Lipinski definition) is 3. The lowest BCUT2D eigenvalue weighted by Crippen LogP contribution is -2.48. The van der Waals surface area contributed by atoms with Crippen LogP contribution in [-0.2, 0) is 11.2 Å². The molecule has 1 atom stereocenters. The van der Waals surface area contributed by atoms with Crippen molar-refractivity contribution in [3.8, 4) is 12.3 Å². The van der Waals surface area contributed by atoms with E-state index in [0.29, 0.717) is 11.3 Å². The zero-order chi connectivity index (χ0) is 15.8. The summed E-state index contributed by atoms with van der Waals surface area (Å²) >= 11 is 1.33. The molecule has 0 saturated carbocycles. The van der Waals surface area contributed by atoms with Crippen LogP contribution in [0.3, 0.4) is 0 Å². The Balaban J connectivity index is 2.09. The molecule has 112 valence electrons. The van der Waals surface area contributed by atoms with Crippen LogP contribution < -0.4 is 10.6 Å². The maximum absolute atomic E-state index is 12.2. The van der Waals surface area contributed by atoms with Crippen molar-refractivity contribution < 1.29 is 9.59 Å². The number of carbonyl (C=O) groups excluding carboxylic acids is 2. The minimum absolute atomic E-state index is 0.138. The number of nitrogens with one attached hydrogen (secondary N) is 2. The molecule has 0 aliphatic carbocycles. The molecule has 0 radical (unpaired) electrons. The van der Waals surface area contributed by atoms with Crippen molar-refractivity contribution >= 4 is 23.2 Å². The van der Waals surface area contributed by atoms with Crippen LogP contribution in [0.5, 0.6) is 0 Å². The summed E-state index contributed by atoms with van der Waals surface area (Å²) < 4.78 is 0. The Bertz CT molecular complexity index is 660. The SMILES string of the molecule is C#CCNC(=O)C(Cc1ccccc1)NC(=O)c1cccs1.